The maximum Gasteiger partial charge on any atom is 0.133 e. The first-order chi connectivity index (χ1) is 11.0. The smallest absolute Gasteiger partial charge is 0.133 e. The highest BCUT2D eigenvalue weighted by Gasteiger charge is 2.08. The van der Waals surface area contributed by atoms with Gasteiger partial charge in [0.25, 0.3) is 0 Å². The zero-order valence-electron chi connectivity index (χ0n) is 12.9. The molecule has 2 rings (SSSR count). The Labute approximate surface area is 144 Å². The third kappa shape index (κ3) is 4.22. The Balaban J connectivity index is 2.32. The van der Waals surface area contributed by atoms with E-state index in [1.54, 1.807) is 6.08 Å². The third-order valence-electron chi connectivity index (χ3n) is 3.46. The van der Waals surface area contributed by atoms with E-state index in [1.807, 2.05) is 56.3 Å². The Morgan fingerprint density at radius 3 is 2.52 bits per heavy atom. The molecule has 0 radical (unpaired) electrons. The van der Waals surface area contributed by atoms with Crippen LogP contribution in [0.5, 0.6) is 5.75 Å². The van der Waals surface area contributed by atoms with E-state index in [1.165, 1.54) is 0 Å². The van der Waals surface area contributed by atoms with Crippen LogP contribution in [0.15, 0.2) is 46.4 Å². The van der Waals surface area contributed by atoms with Gasteiger partial charge in [-0.2, -0.15) is 10.5 Å². The van der Waals surface area contributed by atoms with Gasteiger partial charge in [0.05, 0.1) is 4.47 Å². The fourth-order valence-electron chi connectivity index (χ4n) is 2.23. The lowest BCUT2D eigenvalue weighted by Crippen LogP contribution is -2.01. The molecule has 0 atom stereocenters. The van der Waals surface area contributed by atoms with Crippen LogP contribution in [0, 0.1) is 36.5 Å². The minimum absolute atomic E-state index is 0.0939. The normalized spacial score (nSPS) is 9.61. The summed E-state index contributed by atoms with van der Waals surface area (Å²) in [6.07, 6.45) is 1.62. The number of aryl methyl sites for hydroxylation is 1. The summed E-state index contributed by atoms with van der Waals surface area (Å²) in [6, 6.07) is 15.5. The van der Waals surface area contributed by atoms with Gasteiger partial charge in [-0.05, 0) is 64.7 Å². The van der Waals surface area contributed by atoms with Crippen LogP contribution in [-0.2, 0) is 6.61 Å². The standard InChI is InChI=1S/C19H15BrN2O/c1-13-7-16(9-15(10-21)11-22)14(2)17(8-13)12-23-19-6-4-3-5-18(19)20/h3-9H,12H2,1-2H3. The molecule has 114 valence electrons. The van der Waals surface area contributed by atoms with Gasteiger partial charge in [-0.25, -0.2) is 0 Å². The summed E-state index contributed by atoms with van der Waals surface area (Å²) >= 11 is 3.46. The largest absolute Gasteiger partial charge is 0.488 e. The molecule has 0 heterocycles. The summed E-state index contributed by atoms with van der Waals surface area (Å²) in [5.41, 5.74) is 4.06. The first kappa shape index (κ1) is 16.8. The third-order valence-corrected chi connectivity index (χ3v) is 4.12. The van der Waals surface area contributed by atoms with Gasteiger partial charge in [-0.3, -0.25) is 0 Å². The predicted octanol–water partition coefficient (Wildman–Crippen LogP) is 5.08. The molecule has 0 fully saturated rings. The summed E-state index contributed by atoms with van der Waals surface area (Å²) in [4.78, 5) is 0. The highest BCUT2D eigenvalue weighted by Crippen LogP contribution is 2.26. The molecular formula is C19H15BrN2O. The highest BCUT2D eigenvalue weighted by atomic mass is 79.9. The van der Waals surface area contributed by atoms with Gasteiger partial charge in [0, 0.05) is 0 Å². The molecule has 2 aromatic carbocycles. The van der Waals surface area contributed by atoms with Crippen LogP contribution in [0.2, 0.25) is 0 Å². The van der Waals surface area contributed by atoms with Crippen molar-refractivity contribution in [1.29, 1.82) is 10.5 Å². The molecule has 2 aromatic rings. The molecule has 0 saturated heterocycles. The van der Waals surface area contributed by atoms with Gasteiger partial charge in [0.15, 0.2) is 0 Å². The van der Waals surface area contributed by atoms with Crippen molar-refractivity contribution in [1.82, 2.24) is 0 Å². The second kappa shape index (κ2) is 7.63. The molecule has 0 bridgehead atoms. The lowest BCUT2D eigenvalue weighted by molar-refractivity contribution is 0.303. The van der Waals surface area contributed by atoms with E-state index in [0.717, 1.165) is 32.5 Å². The van der Waals surface area contributed by atoms with E-state index in [2.05, 4.69) is 22.0 Å². The Bertz CT molecular complexity index is 825. The second-order valence-corrected chi connectivity index (χ2v) is 5.99. The van der Waals surface area contributed by atoms with Gasteiger partial charge in [0.2, 0.25) is 0 Å². The minimum atomic E-state index is 0.0939. The van der Waals surface area contributed by atoms with Crippen molar-refractivity contribution < 1.29 is 4.74 Å². The quantitative estimate of drug-likeness (QED) is 0.709. The number of allylic oxidation sites excluding steroid dienone is 1. The van der Waals surface area contributed by atoms with Crippen molar-refractivity contribution in [3.05, 3.63) is 68.7 Å². The van der Waals surface area contributed by atoms with Gasteiger partial charge in [-0.1, -0.05) is 29.8 Å². The maximum atomic E-state index is 8.93. The SMILES string of the molecule is Cc1cc(C=C(C#N)C#N)c(C)c(COc2ccccc2Br)c1. The van der Waals surface area contributed by atoms with Crippen LogP contribution in [0.1, 0.15) is 22.3 Å². The fraction of sp³-hybridized carbons (Fsp3) is 0.158. The number of hydrogen-bond acceptors (Lipinski definition) is 3. The molecule has 0 aliphatic rings. The lowest BCUT2D eigenvalue weighted by atomic mass is 9.98. The molecule has 0 amide bonds. The minimum Gasteiger partial charge on any atom is -0.488 e. The summed E-state index contributed by atoms with van der Waals surface area (Å²) in [7, 11) is 0. The van der Waals surface area contributed by atoms with Crippen molar-refractivity contribution in [2.45, 2.75) is 20.5 Å². The van der Waals surface area contributed by atoms with Crippen molar-refractivity contribution in [2.75, 3.05) is 0 Å². The first-order valence-corrected chi connectivity index (χ1v) is 7.83. The van der Waals surface area contributed by atoms with Crippen molar-refractivity contribution >= 4 is 22.0 Å². The van der Waals surface area contributed by atoms with Crippen LogP contribution < -0.4 is 4.74 Å². The van der Waals surface area contributed by atoms with E-state index < -0.39 is 0 Å². The van der Waals surface area contributed by atoms with Crippen LogP contribution in [0.4, 0.5) is 0 Å². The van der Waals surface area contributed by atoms with E-state index in [9.17, 15) is 0 Å². The Morgan fingerprint density at radius 2 is 1.87 bits per heavy atom. The van der Waals surface area contributed by atoms with Gasteiger partial charge in [0.1, 0.15) is 30.1 Å². The number of para-hydroxylation sites is 1. The molecular weight excluding hydrogens is 352 g/mol. The number of halogens is 1. The molecule has 0 unspecified atom stereocenters. The van der Waals surface area contributed by atoms with E-state index in [-0.39, 0.29) is 5.57 Å². The Hall–Kier alpha value is -2.56. The summed E-state index contributed by atoms with van der Waals surface area (Å²) < 4.78 is 6.78. The van der Waals surface area contributed by atoms with Crippen molar-refractivity contribution in [2.24, 2.45) is 0 Å². The van der Waals surface area contributed by atoms with E-state index in [0.29, 0.717) is 6.61 Å². The number of benzene rings is 2. The molecule has 0 aromatic heterocycles. The molecule has 4 heteroatoms. The van der Waals surface area contributed by atoms with Crippen LogP contribution in [-0.4, -0.2) is 0 Å². The maximum absolute atomic E-state index is 8.93. The molecule has 3 nitrogen and oxygen atoms in total. The van der Waals surface area contributed by atoms with Crippen molar-refractivity contribution in [3.63, 3.8) is 0 Å². The van der Waals surface area contributed by atoms with Crippen LogP contribution in [0.25, 0.3) is 6.08 Å². The summed E-state index contributed by atoms with van der Waals surface area (Å²) in [6.45, 7) is 4.37. The molecule has 23 heavy (non-hydrogen) atoms. The number of rotatable bonds is 4. The second-order valence-electron chi connectivity index (χ2n) is 5.14. The molecule has 0 spiro atoms. The monoisotopic (exact) mass is 366 g/mol. The number of nitriles is 2. The van der Waals surface area contributed by atoms with E-state index in [4.69, 9.17) is 15.3 Å². The zero-order chi connectivity index (χ0) is 16.8. The first-order valence-electron chi connectivity index (χ1n) is 7.04. The van der Waals surface area contributed by atoms with Gasteiger partial charge < -0.3 is 4.74 Å². The average Bonchev–Trinajstić information content (AvgIpc) is 2.55. The average molecular weight is 367 g/mol. The Kier molecular flexibility index (Phi) is 5.57. The lowest BCUT2D eigenvalue weighted by Gasteiger charge is -2.13. The molecule has 0 aliphatic carbocycles. The van der Waals surface area contributed by atoms with Crippen LogP contribution >= 0.6 is 15.9 Å². The number of hydrogen-bond donors (Lipinski definition) is 0. The zero-order valence-corrected chi connectivity index (χ0v) is 14.5. The van der Waals surface area contributed by atoms with E-state index >= 15 is 0 Å². The van der Waals surface area contributed by atoms with Gasteiger partial charge in [-0.15, -0.1) is 0 Å². The Morgan fingerprint density at radius 1 is 1.17 bits per heavy atom. The van der Waals surface area contributed by atoms with Crippen molar-refractivity contribution in [3.8, 4) is 17.9 Å². The predicted molar refractivity (Wildman–Crippen MR) is 93.6 cm³/mol. The topological polar surface area (TPSA) is 56.8 Å². The summed E-state index contributed by atoms with van der Waals surface area (Å²) in [5.74, 6) is 0.778. The fourth-order valence-corrected chi connectivity index (χ4v) is 2.63. The highest BCUT2D eigenvalue weighted by molar-refractivity contribution is 9.10. The molecule has 0 aliphatic heterocycles. The number of ether oxygens (including phenoxy) is 1. The number of nitrogens with zero attached hydrogens (tertiary/aromatic N) is 2. The van der Waals surface area contributed by atoms with Gasteiger partial charge >= 0.3 is 0 Å². The van der Waals surface area contributed by atoms with Crippen LogP contribution in [0.3, 0.4) is 0 Å². The molecule has 0 saturated carbocycles. The summed E-state index contributed by atoms with van der Waals surface area (Å²) in [5, 5.41) is 17.9. The molecule has 0 N–H and O–H groups in total.